The molecule has 17 nitrogen and oxygen atoms in total. The molecule has 1 heterocycles. The van der Waals surface area contributed by atoms with Crippen molar-refractivity contribution in [3.63, 3.8) is 0 Å². The van der Waals surface area contributed by atoms with Gasteiger partial charge < -0.3 is 42.0 Å². The molecule has 5 aromatic rings. The van der Waals surface area contributed by atoms with E-state index < -0.39 is 20.2 Å². The minimum absolute atomic E-state index is 0.0579. The van der Waals surface area contributed by atoms with Crippen LogP contribution < -0.4 is 36.9 Å². The van der Waals surface area contributed by atoms with E-state index >= 15 is 0 Å². The number of aliphatic hydroxyl groups excluding tert-OH is 1. The van der Waals surface area contributed by atoms with Crippen molar-refractivity contribution in [2.45, 2.75) is 23.6 Å². The van der Waals surface area contributed by atoms with Crippen LogP contribution in [0.1, 0.15) is 11.1 Å². The van der Waals surface area contributed by atoms with Gasteiger partial charge in [-0.05, 0) is 79.6 Å². The molecule has 1 aromatic heterocycles. The second-order valence-electron chi connectivity index (χ2n) is 10.7. The smallest absolute Gasteiger partial charge is 0.294 e. The molecule has 0 fully saturated rings. The zero-order chi connectivity index (χ0) is 38.5. The lowest BCUT2D eigenvalue weighted by atomic mass is 10.2. The fourth-order valence-electron chi connectivity index (χ4n) is 4.14. The summed E-state index contributed by atoms with van der Waals surface area (Å²) in [6.07, 6.45) is 0. The first-order chi connectivity index (χ1) is 24.5. The van der Waals surface area contributed by atoms with Crippen LogP contribution in [-0.4, -0.2) is 73.4 Å². The Morgan fingerprint density at radius 1 is 0.635 bits per heavy atom. The van der Waals surface area contributed by atoms with E-state index in [-0.39, 0.29) is 22.3 Å². The van der Waals surface area contributed by atoms with Crippen LogP contribution in [-0.2, 0) is 20.2 Å². The summed E-state index contributed by atoms with van der Waals surface area (Å²) in [5.74, 6) is 2.08. The molecule has 4 aromatic carbocycles. The second-order valence-corrected chi connectivity index (χ2v) is 13.6. The molecule has 0 saturated heterocycles. The normalized spacial score (nSPS) is 10.8. The van der Waals surface area contributed by atoms with Crippen molar-refractivity contribution in [1.29, 1.82) is 0 Å². The number of hydrogen-bond donors (Lipinski definition) is 8. The van der Waals surface area contributed by atoms with E-state index in [2.05, 4.69) is 30.9 Å². The lowest BCUT2D eigenvalue weighted by Crippen LogP contribution is -2.12. The molecular formula is C33H40N8O9S2. The number of nitrogens with two attached hydrogens (primary N) is 2. The Morgan fingerprint density at radius 3 is 1.60 bits per heavy atom. The third kappa shape index (κ3) is 12.9. The quantitative estimate of drug-likeness (QED) is 0.0684. The molecule has 0 aliphatic rings. The highest BCUT2D eigenvalue weighted by atomic mass is 32.2. The molecule has 0 atom stereocenters. The summed E-state index contributed by atoms with van der Waals surface area (Å²) in [6, 6.07) is 22.5. The monoisotopic (exact) mass is 756 g/mol. The van der Waals surface area contributed by atoms with Crippen molar-refractivity contribution < 1.29 is 40.5 Å². The molecule has 0 saturated carbocycles. The fraction of sp³-hybridized carbons (Fsp3) is 0.182. The number of aliphatic hydroxyl groups is 1. The molecular weight excluding hydrogens is 717 g/mol. The Morgan fingerprint density at radius 2 is 1.12 bits per heavy atom. The zero-order valence-electron chi connectivity index (χ0n) is 28.6. The summed E-state index contributed by atoms with van der Waals surface area (Å²) in [5, 5.41) is 18.3. The van der Waals surface area contributed by atoms with Gasteiger partial charge >= 0.3 is 0 Å². The van der Waals surface area contributed by atoms with Gasteiger partial charge in [0, 0.05) is 24.0 Å². The van der Waals surface area contributed by atoms with Gasteiger partial charge in [0.1, 0.15) is 11.5 Å². The first kappa shape index (κ1) is 40.7. The van der Waals surface area contributed by atoms with Crippen LogP contribution in [0.3, 0.4) is 0 Å². The molecule has 278 valence electrons. The number of ether oxygens (including phenoxy) is 2. The summed E-state index contributed by atoms with van der Waals surface area (Å²) in [4.78, 5) is 12.9. The molecule has 0 bridgehead atoms. The fourth-order valence-corrected chi connectivity index (χ4v) is 5.26. The second kappa shape index (κ2) is 18.5. The highest BCUT2D eigenvalue weighted by Crippen LogP contribution is 2.31. The lowest BCUT2D eigenvalue weighted by Gasteiger charge is -2.14. The average Bonchev–Trinajstić information content (AvgIpc) is 3.08. The van der Waals surface area contributed by atoms with Gasteiger partial charge in [0.15, 0.2) is 0 Å². The van der Waals surface area contributed by atoms with Crippen molar-refractivity contribution in [2.75, 3.05) is 54.8 Å². The summed E-state index contributed by atoms with van der Waals surface area (Å²) >= 11 is 0. The molecule has 0 aliphatic carbocycles. The number of nitrogens with one attached hydrogen (secondary N) is 3. The zero-order valence-corrected chi connectivity index (χ0v) is 30.2. The minimum Gasteiger partial charge on any atom is -0.495 e. The predicted molar refractivity (Wildman–Crippen MR) is 199 cm³/mol. The maximum Gasteiger partial charge on any atom is 0.294 e. The lowest BCUT2D eigenvalue weighted by molar-refractivity contribution is 0.311. The number of nitrogens with zero attached hydrogens (tertiary/aromatic N) is 3. The Bertz CT molecular complexity index is 2040. The molecule has 0 radical (unpaired) electrons. The molecule has 19 heteroatoms. The molecule has 52 heavy (non-hydrogen) atoms. The van der Waals surface area contributed by atoms with Crippen molar-refractivity contribution in [2.24, 2.45) is 0 Å². The summed E-state index contributed by atoms with van der Waals surface area (Å²) in [5.41, 5.74) is 15.2. The van der Waals surface area contributed by atoms with Crippen LogP contribution in [0.2, 0.25) is 0 Å². The van der Waals surface area contributed by atoms with E-state index in [9.17, 15) is 16.8 Å². The number of aromatic nitrogens is 3. The average molecular weight is 757 g/mol. The minimum atomic E-state index is -4.11. The summed E-state index contributed by atoms with van der Waals surface area (Å²) in [7, 11) is -4.98. The van der Waals surface area contributed by atoms with Gasteiger partial charge in [-0.15, -0.1) is 0 Å². The third-order valence-electron chi connectivity index (χ3n) is 6.55. The first-order valence-electron chi connectivity index (χ1n) is 15.1. The molecule has 5 rings (SSSR count). The Kier molecular flexibility index (Phi) is 14.5. The van der Waals surface area contributed by atoms with Crippen molar-refractivity contribution in [3.05, 3.63) is 96.1 Å². The van der Waals surface area contributed by atoms with E-state index in [1.54, 1.807) is 51.5 Å². The molecule has 10 N–H and O–H groups in total. The number of anilines is 7. The number of rotatable bonds is 11. The molecule has 0 unspecified atom stereocenters. The molecule has 0 spiro atoms. The Hall–Kier alpha value is -5.73. The molecule has 0 aliphatic heterocycles. The molecule has 0 amide bonds. The van der Waals surface area contributed by atoms with Crippen molar-refractivity contribution >= 4 is 60.8 Å². The van der Waals surface area contributed by atoms with Crippen LogP contribution in [0, 0.1) is 13.8 Å². The Balaban J connectivity index is 0.000000269. The SMILES string of the molecule is COc1cc(C)ccc1Nc1nc(NCCO)nc(Nc2ccc(N)cc2OC)n1.Cc1cccc(S(=O)(=O)O)c1.Nc1cccc(S(=O)(=O)O)c1. The van der Waals surface area contributed by atoms with E-state index in [4.69, 9.17) is 35.2 Å². The van der Waals surface area contributed by atoms with Crippen molar-refractivity contribution in [3.8, 4) is 11.5 Å². The number of aryl methyl sites for hydroxylation is 2. The van der Waals surface area contributed by atoms with Crippen molar-refractivity contribution in [1.82, 2.24) is 15.0 Å². The van der Waals surface area contributed by atoms with Crippen LogP contribution in [0.25, 0.3) is 0 Å². The van der Waals surface area contributed by atoms with Gasteiger partial charge in [-0.25, -0.2) is 0 Å². The highest BCUT2D eigenvalue weighted by Gasteiger charge is 2.13. The van der Waals surface area contributed by atoms with Gasteiger partial charge in [-0.1, -0.05) is 24.3 Å². The largest absolute Gasteiger partial charge is 0.495 e. The van der Waals surface area contributed by atoms with Gasteiger partial charge in [0.25, 0.3) is 20.2 Å². The summed E-state index contributed by atoms with van der Waals surface area (Å²) < 4.78 is 70.0. The predicted octanol–water partition coefficient (Wildman–Crippen LogP) is 4.43. The first-order valence-corrected chi connectivity index (χ1v) is 18.0. The van der Waals surface area contributed by atoms with Gasteiger partial charge in [-0.2, -0.15) is 31.8 Å². The van der Waals surface area contributed by atoms with Gasteiger partial charge in [0.05, 0.1) is 42.0 Å². The summed E-state index contributed by atoms with van der Waals surface area (Å²) in [6.45, 7) is 3.97. The maximum atomic E-state index is 10.5. The number of methoxy groups -OCH3 is 2. The topological polar surface area (TPSA) is 274 Å². The number of nitrogen functional groups attached to an aromatic ring is 2. The maximum absolute atomic E-state index is 10.5. The van der Waals surface area contributed by atoms with E-state index in [1.165, 1.54) is 36.4 Å². The van der Waals surface area contributed by atoms with Crippen LogP contribution in [0.4, 0.5) is 40.6 Å². The van der Waals surface area contributed by atoms with Gasteiger partial charge in [0.2, 0.25) is 17.8 Å². The van der Waals surface area contributed by atoms with E-state index in [0.717, 1.165) is 11.1 Å². The van der Waals surface area contributed by atoms with E-state index in [1.807, 2.05) is 25.1 Å². The Labute approximate surface area is 301 Å². The highest BCUT2D eigenvalue weighted by molar-refractivity contribution is 7.86. The van der Waals surface area contributed by atoms with Crippen LogP contribution in [0.5, 0.6) is 11.5 Å². The number of hydrogen-bond acceptors (Lipinski definition) is 15. The van der Waals surface area contributed by atoms with Crippen LogP contribution >= 0.6 is 0 Å². The van der Waals surface area contributed by atoms with Crippen LogP contribution in [0.15, 0.2) is 94.7 Å². The van der Waals surface area contributed by atoms with Gasteiger partial charge in [-0.3, -0.25) is 9.11 Å². The third-order valence-corrected chi connectivity index (χ3v) is 8.25. The van der Waals surface area contributed by atoms with E-state index in [0.29, 0.717) is 52.7 Å². The number of benzene rings is 4. The standard InChI is InChI=1S/C20H25N7O3.C7H8O3S.C6H7NO3S/c1-12-4-6-14(16(10-12)29-2)23-19-25-18(22-8-9-28)26-20(27-19)24-15-7-5-13(21)11-17(15)30-3;1-6-3-2-4-7(5-6)11(8,9)10;7-5-2-1-3-6(4-5)11(8,9)10/h4-7,10-11,28H,8-9,21H2,1-3H3,(H3,22,23,24,25,26,27);2-5H,1H3,(H,8,9,10);1-4H,7H2,(H,8,9,10).